The lowest BCUT2D eigenvalue weighted by molar-refractivity contribution is -0.406. The Morgan fingerprint density at radius 3 is 1.81 bits per heavy atom. The van der Waals surface area contributed by atoms with Crippen LogP contribution in [0.1, 0.15) is 120 Å². The van der Waals surface area contributed by atoms with Gasteiger partial charge in [-0.3, -0.25) is 0 Å². The summed E-state index contributed by atoms with van der Waals surface area (Å²) in [6.07, 6.45) is -32.6. The third-order valence-electron chi connectivity index (χ3n) is 22.6. The number of aliphatic hydroxyl groups is 14. The maximum absolute atomic E-state index is 13.4. The van der Waals surface area contributed by atoms with Crippen molar-refractivity contribution in [2.24, 2.45) is 50.2 Å². The van der Waals surface area contributed by atoms with Crippen molar-refractivity contribution in [1.29, 1.82) is 0 Å². The number of carboxylic acids is 1. The Hall–Kier alpha value is -2.46. The molecular formula is C60H96O26. The highest BCUT2D eigenvalue weighted by Crippen LogP contribution is 2.76. The van der Waals surface area contributed by atoms with E-state index in [9.17, 15) is 86.2 Å². The van der Waals surface area contributed by atoms with Gasteiger partial charge in [0.15, 0.2) is 31.3 Å². The second-order valence-corrected chi connectivity index (χ2v) is 28.2. The van der Waals surface area contributed by atoms with Gasteiger partial charge in [0.05, 0.1) is 49.7 Å². The number of fused-ring (bicyclic) bond motifs is 7. The number of aliphatic carboxylic acids is 1. The maximum Gasteiger partial charge on any atom is 0.335 e. The molecule has 0 unspecified atom stereocenters. The number of carboxylic acid groups (broad SMARTS) is 1. The lowest BCUT2D eigenvalue weighted by Gasteiger charge is -2.73. The molecule has 9 aliphatic rings. The first kappa shape index (κ1) is 67.9. The molecule has 0 radical (unpaired) electrons. The molecule has 4 saturated carbocycles. The Labute approximate surface area is 500 Å². The molecular weight excluding hydrogens is 1140 g/mol. The van der Waals surface area contributed by atoms with Crippen LogP contribution in [-0.2, 0) is 52.2 Å². The van der Waals surface area contributed by atoms with Gasteiger partial charge in [-0.1, -0.05) is 79.5 Å². The summed E-state index contributed by atoms with van der Waals surface area (Å²) in [6, 6.07) is 0. The SMILES string of the molecule is CCC/C=C/C(=O)O[C@H]1CC(C)(C)C[C@H]2C3=CC[C@@H]4[C@@]5(C)CC[C@H](O[C@@H]6O[C@H](C(=O)O)[C@H](O)[C@H](O[C@@H]7O[C@H](CO)[C@H](O)[C@H](O)[C@H]7O[C@@H]7O[C@@H](C)[C@H](O)[C@@H](O)[C@H]7O)[C@H]6O[C@@H]6O[C@H](CO)[C@@H](O)[C@H](O)[C@H]6O)C(C)(C)[C@@H]5CC[C@@]4(C)[C@]3(C)[C@@H](O)[C@@H](O)[C@@]12CO. The van der Waals surface area contributed by atoms with Crippen LogP contribution in [0.2, 0.25) is 0 Å². The summed E-state index contributed by atoms with van der Waals surface area (Å²) < 4.78 is 55.3. The monoisotopic (exact) mass is 1230 g/mol. The van der Waals surface area contributed by atoms with Crippen molar-refractivity contribution in [3.63, 3.8) is 0 Å². The number of unbranched alkanes of at least 4 members (excludes halogenated alkanes) is 1. The molecule has 9 rings (SSSR count). The normalized spacial score (nSPS) is 51.8. The third kappa shape index (κ3) is 11.2. The number of esters is 1. The van der Waals surface area contributed by atoms with Crippen molar-refractivity contribution in [3.8, 4) is 0 Å². The quantitative estimate of drug-likeness (QED) is 0.0357. The minimum absolute atomic E-state index is 0.128. The fourth-order valence-electron chi connectivity index (χ4n) is 17.5. The van der Waals surface area contributed by atoms with Gasteiger partial charge in [0, 0.05) is 11.5 Å². The van der Waals surface area contributed by atoms with E-state index in [0.29, 0.717) is 44.9 Å². The van der Waals surface area contributed by atoms with Gasteiger partial charge in [-0.15, -0.1) is 0 Å². The number of hydrogen-bond donors (Lipinski definition) is 15. The molecule has 26 heteroatoms. The third-order valence-corrected chi connectivity index (χ3v) is 22.6. The van der Waals surface area contributed by atoms with Crippen LogP contribution in [0.3, 0.4) is 0 Å². The number of hydrogen-bond acceptors (Lipinski definition) is 25. The second-order valence-electron chi connectivity index (χ2n) is 28.2. The van der Waals surface area contributed by atoms with Gasteiger partial charge in [0.25, 0.3) is 0 Å². The van der Waals surface area contributed by atoms with Gasteiger partial charge >= 0.3 is 11.9 Å². The molecule has 5 aliphatic carbocycles. The Morgan fingerprint density at radius 1 is 0.616 bits per heavy atom. The number of rotatable bonds is 16. The Morgan fingerprint density at radius 2 is 1.20 bits per heavy atom. The van der Waals surface area contributed by atoms with E-state index in [1.54, 1.807) is 6.08 Å². The average molecular weight is 1230 g/mol. The number of carbonyl (C=O) groups is 2. The van der Waals surface area contributed by atoms with Crippen LogP contribution < -0.4 is 0 Å². The Kier molecular flexibility index (Phi) is 19.9. The number of carbonyl (C=O) groups excluding carboxylic acids is 1. The Bertz CT molecular complexity index is 2440. The van der Waals surface area contributed by atoms with Gasteiger partial charge in [-0.05, 0) is 97.7 Å². The van der Waals surface area contributed by atoms with E-state index in [1.165, 1.54) is 13.0 Å². The van der Waals surface area contributed by atoms with E-state index in [0.717, 1.165) is 12.0 Å². The minimum atomic E-state index is -2.29. The van der Waals surface area contributed by atoms with Crippen molar-refractivity contribution >= 4 is 11.9 Å². The van der Waals surface area contributed by atoms with Crippen LogP contribution in [-0.4, -0.2) is 256 Å². The van der Waals surface area contributed by atoms with Crippen molar-refractivity contribution in [2.75, 3.05) is 19.8 Å². The summed E-state index contributed by atoms with van der Waals surface area (Å²) >= 11 is 0. The van der Waals surface area contributed by atoms with E-state index in [1.807, 2.05) is 27.7 Å². The predicted molar refractivity (Wildman–Crippen MR) is 294 cm³/mol. The van der Waals surface area contributed by atoms with Crippen LogP contribution >= 0.6 is 0 Å². The molecule has 86 heavy (non-hydrogen) atoms. The standard InChI is InChI=1S/C60H96O26/c1-10-11-12-13-34(64)81-33-21-55(3,4)20-27-26-14-15-31-57(7)18-17-32(56(5,6)30(57)16-19-58(31,8)59(26,9)48(74)49(75)60(27,33)24-63)82-54-47(86-52-42(72)39(69)36(66)28(22-61)79-52)44(43(73)45(84-54)50(76)77)83-53-46(40(70)37(67)29(23-62)80-53)85-51-41(71)38(68)35(65)25(2)78-51/h12-14,25,27-33,35-49,51-54,61-63,65-75H,10-11,15-24H2,1-9H3,(H,76,77)/b13-12+/t25-,27-,28+,29+,30-,31+,32-,33-,35-,36+,37-,38+,39-,40-,41+,42+,43+,44-,45-,46+,47+,48-,49+,51-,52-,53-,54+,57-,58+,59-,60+/m0/s1. The van der Waals surface area contributed by atoms with Gasteiger partial charge in [0.2, 0.25) is 0 Å². The van der Waals surface area contributed by atoms with Crippen LogP contribution in [0, 0.1) is 50.2 Å². The van der Waals surface area contributed by atoms with E-state index in [4.69, 9.17) is 42.6 Å². The predicted octanol–water partition coefficient (Wildman–Crippen LogP) is -1.62. The molecule has 31 atom stereocenters. The maximum atomic E-state index is 13.4. The van der Waals surface area contributed by atoms with Crippen LogP contribution in [0.15, 0.2) is 23.8 Å². The first-order valence-electron chi connectivity index (χ1n) is 30.6. The van der Waals surface area contributed by atoms with Gasteiger partial charge in [-0.25, -0.2) is 9.59 Å². The number of allylic oxidation sites excluding steroid dienone is 2. The topological polar surface area (TPSA) is 421 Å². The molecule has 15 N–H and O–H groups in total. The molecule has 4 heterocycles. The highest BCUT2D eigenvalue weighted by molar-refractivity contribution is 5.82. The summed E-state index contributed by atoms with van der Waals surface area (Å²) in [5, 5.41) is 168. The fraction of sp³-hybridized carbons (Fsp3) is 0.900. The molecule has 0 amide bonds. The van der Waals surface area contributed by atoms with Crippen molar-refractivity contribution in [3.05, 3.63) is 23.8 Å². The van der Waals surface area contributed by atoms with E-state index < -0.39 is 217 Å². The zero-order valence-corrected chi connectivity index (χ0v) is 50.5. The largest absolute Gasteiger partial charge is 0.479 e. The first-order valence-corrected chi connectivity index (χ1v) is 30.6. The van der Waals surface area contributed by atoms with Gasteiger partial charge in [0.1, 0.15) is 91.6 Å². The average Bonchev–Trinajstić information content (AvgIpc) is 0.674. The highest BCUT2D eigenvalue weighted by Gasteiger charge is 2.75. The van der Waals surface area contributed by atoms with E-state index in [2.05, 4.69) is 33.8 Å². The van der Waals surface area contributed by atoms with Crippen LogP contribution in [0.5, 0.6) is 0 Å². The molecule has 492 valence electrons. The highest BCUT2D eigenvalue weighted by atomic mass is 16.8. The Balaban J connectivity index is 1.05. The van der Waals surface area contributed by atoms with Crippen molar-refractivity contribution in [2.45, 2.75) is 267 Å². The van der Waals surface area contributed by atoms with E-state index >= 15 is 0 Å². The van der Waals surface area contributed by atoms with Crippen molar-refractivity contribution in [1.82, 2.24) is 0 Å². The van der Waals surface area contributed by atoms with E-state index in [-0.39, 0.29) is 18.3 Å². The minimum Gasteiger partial charge on any atom is -0.479 e. The van der Waals surface area contributed by atoms with Crippen LogP contribution in [0.25, 0.3) is 0 Å². The molecule has 26 nitrogen and oxygen atoms in total. The molecule has 4 aliphatic heterocycles. The summed E-state index contributed by atoms with van der Waals surface area (Å²) in [4.78, 5) is 26.6. The summed E-state index contributed by atoms with van der Waals surface area (Å²) in [5.41, 5.74) is -3.95. The van der Waals surface area contributed by atoms with Crippen molar-refractivity contribution < 1.29 is 129 Å². The summed E-state index contributed by atoms with van der Waals surface area (Å²) in [5.74, 6) is -3.09. The molecule has 0 bridgehead atoms. The van der Waals surface area contributed by atoms with Gasteiger partial charge in [-0.2, -0.15) is 0 Å². The fourth-order valence-corrected chi connectivity index (χ4v) is 17.5. The number of aliphatic hydroxyl groups excluding tert-OH is 14. The molecule has 0 aromatic rings. The van der Waals surface area contributed by atoms with Crippen LogP contribution in [0.4, 0.5) is 0 Å². The molecule has 4 saturated heterocycles. The zero-order chi connectivity index (χ0) is 63.3. The molecule has 0 spiro atoms. The molecule has 0 aromatic heterocycles. The number of ether oxygens (including phenoxy) is 9. The molecule has 0 aromatic carbocycles. The lowest BCUT2D eigenvalue weighted by atomic mass is 9.32. The second kappa shape index (κ2) is 25.2. The van der Waals surface area contributed by atoms with Gasteiger partial charge < -0.3 is 119 Å². The first-order chi connectivity index (χ1) is 40.2. The lowest BCUT2D eigenvalue weighted by Crippen LogP contribution is -2.74. The zero-order valence-electron chi connectivity index (χ0n) is 50.5. The summed E-state index contributed by atoms with van der Waals surface area (Å²) in [6.45, 7) is 15.5. The smallest absolute Gasteiger partial charge is 0.335 e. The summed E-state index contributed by atoms with van der Waals surface area (Å²) in [7, 11) is 0. The molecule has 8 fully saturated rings.